The van der Waals surface area contributed by atoms with E-state index in [2.05, 4.69) is 10.2 Å². The molecule has 56 valence electrons. The van der Waals surface area contributed by atoms with Crippen LogP contribution in [0.4, 0.5) is 4.39 Å². The van der Waals surface area contributed by atoms with Gasteiger partial charge in [-0.25, -0.2) is 12.8 Å². The minimum absolute atomic E-state index is 0.185. The Hall–Kier alpha value is -0.910. The topological polar surface area (TPSA) is 62.8 Å². The monoisotopic (exact) mass is 164 g/mol. The maximum absolute atomic E-state index is 11.7. The van der Waals surface area contributed by atoms with Crippen LogP contribution >= 0.6 is 0 Å². The van der Waals surface area contributed by atoms with E-state index in [9.17, 15) is 12.8 Å². The summed E-state index contributed by atoms with van der Waals surface area (Å²) in [5.74, 6) is 0. The van der Waals surface area contributed by atoms with Gasteiger partial charge in [-0.15, -0.1) is 0 Å². The number of halogens is 1. The van der Waals surface area contributed by atoms with Crippen LogP contribution in [0.2, 0.25) is 0 Å². The van der Waals surface area contributed by atoms with Crippen molar-refractivity contribution in [3.05, 3.63) is 12.3 Å². The Morgan fingerprint density at radius 1 is 1.70 bits per heavy atom. The molecule has 1 heterocycles. The molecule has 1 rings (SSSR count). The molecule has 1 aromatic rings. The van der Waals surface area contributed by atoms with Crippen LogP contribution in [0.15, 0.2) is 17.3 Å². The zero-order chi connectivity index (χ0) is 7.61. The van der Waals surface area contributed by atoms with Crippen LogP contribution in [0, 0.1) is 0 Å². The first-order chi connectivity index (χ1) is 4.67. The summed E-state index contributed by atoms with van der Waals surface area (Å²) in [6.45, 7) is 0. The highest BCUT2D eigenvalue weighted by Gasteiger charge is 2.13. The van der Waals surface area contributed by atoms with Crippen LogP contribution in [0.1, 0.15) is 0 Å². The molecule has 0 unspecified atom stereocenters. The van der Waals surface area contributed by atoms with Gasteiger partial charge in [-0.05, 0) is 6.07 Å². The van der Waals surface area contributed by atoms with E-state index >= 15 is 0 Å². The number of nitrogens with one attached hydrogen (secondary N) is 1. The summed E-state index contributed by atoms with van der Waals surface area (Å²) in [6.07, 6.45) is 1.25. The van der Waals surface area contributed by atoms with E-state index in [-0.39, 0.29) is 5.03 Å². The molecular weight excluding hydrogens is 159 g/mol. The van der Waals surface area contributed by atoms with E-state index in [1.807, 2.05) is 0 Å². The average Bonchev–Trinajstić information content (AvgIpc) is 2.38. The molecule has 0 aromatic carbocycles. The van der Waals surface area contributed by atoms with Crippen molar-refractivity contribution in [1.29, 1.82) is 0 Å². The lowest BCUT2D eigenvalue weighted by atomic mass is 10.8. The number of aromatic amines is 1. The first kappa shape index (κ1) is 7.20. The van der Waals surface area contributed by atoms with Gasteiger partial charge >= 0.3 is 0 Å². The number of nitrogens with zero attached hydrogens (tertiary/aromatic N) is 1. The third kappa shape index (κ3) is 1.15. The standard InChI is InChI=1S/C4H5FN2O2S/c5-3-10(8,9)4-1-2-6-7-4/h1-2H,3H2,(H,6,7). The fourth-order valence-electron chi connectivity index (χ4n) is 0.475. The fraction of sp³-hybridized carbons (Fsp3) is 0.250. The van der Waals surface area contributed by atoms with Gasteiger partial charge in [-0.2, -0.15) is 5.10 Å². The highest BCUT2D eigenvalue weighted by Crippen LogP contribution is 2.04. The second-order valence-corrected chi connectivity index (χ2v) is 3.53. The molecule has 4 nitrogen and oxygen atoms in total. The van der Waals surface area contributed by atoms with E-state index in [1.54, 1.807) is 0 Å². The van der Waals surface area contributed by atoms with Crippen molar-refractivity contribution < 1.29 is 12.8 Å². The average molecular weight is 164 g/mol. The number of alkyl halides is 1. The van der Waals surface area contributed by atoms with Gasteiger partial charge in [-0.3, -0.25) is 5.10 Å². The highest BCUT2D eigenvalue weighted by molar-refractivity contribution is 7.91. The second kappa shape index (κ2) is 2.37. The third-order valence-electron chi connectivity index (χ3n) is 0.954. The Labute approximate surface area is 57.0 Å². The molecule has 1 aromatic heterocycles. The minimum atomic E-state index is -3.74. The zero-order valence-corrected chi connectivity index (χ0v) is 5.73. The van der Waals surface area contributed by atoms with Crippen molar-refractivity contribution in [3.8, 4) is 0 Å². The predicted octanol–water partition coefficient (Wildman–Crippen LogP) is 0.110. The molecular formula is C4H5FN2O2S. The fourth-order valence-corrected chi connectivity index (χ4v) is 1.05. The van der Waals surface area contributed by atoms with Crippen molar-refractivity contribution in [2.24, 2.45) is 0 Å². The van der Waals surface area contributed by atoms with Gasteiger partial charge in [0.15, 0.2) is 11.0 Å². The first-order valence-corrected chi connectivity index (χ1v) is 4.10. The number of rotatable bonds is 2. The first-order valence-electron chi connectivity index (χ1n) is 2.45. The summed E-state index contributed by atoms with van der Waals surface area (Å²) in [5, 5.41) is 5.33. The Bertz CT molecular complexity index is 291. The molecule has 10 heavy (non-hydrogen) atoms. The van der Waals surface area contributed by atoms with E-state index in [0.29, 0.717) is 0 Å². The smallest absolute Gasteiger partial charge is 0.224 e. The lowest BCUT2D eigenvalue weighted by Crippen LogP contribution is -2.02. The van der Waals surface area contributed by atoms with Crippen LogP contribution < -0.4 is 0 Å². The van der Waals surface area contributed by atoms with Gasteiger partial charge in [0, 0.05) is 0 Å². The number of hydrogen-bond acceptors (Lipinski definition) is 3. The Morgan fingerprint density at radius 2 is 2.40 bits per heavy atom. The SMILES string of the molecule is O=S(=O)(CF)c1ccn[nH]1. The van der Waals surface area contributed by atoms with Crippen LogP contribution in [0.3, 0.4) is 0 Å². The molecule has 0 spiro atoms. The maximum Gasteiger partial charge on any atom is 0.224 e. The molecule has 0 saturated heterocycles. The van der Waals surface area contributed by atoms with E-state index in [1.165, 1.54) is 12.3 Å². The summed E-state index contributed by atoms with van der Waals surface area (Å²) in [5.41, 5.74) is 0. The van der Waals surface area contributed by atoms with Gasteiger partial charge in [0.1, 0.15) is 0 Å². The van der Waals surface area contributed by atoms with E-state index in [0.717, 1.165) is 0 Å². The van der Waals surface area contributed by atoms with E-state index in [4.69, 9.17) is 0 Å². The number of hydrogen-bond donors (Lipinski definition) is 1. The molecule has 0 amide bonds. The summed E-state index contributed by atoms with van der Waals surface area (Å²) in [6, 6.07) is -0.190. The molecule has 6 heteroatoms. The molecule has 0 aliphatic heterocycles. The molecule has 0 saturated carbocycles. The largest absolute Gasteiger partial charge is 0.267 e. The van der Waals surface area contributed by atoms with Crippen molar-refractivity contribution in [2.75, 3.05) is 6.01 Å². The minimum Gasteiger partial charge on any atom is -0.267 e. The van der Waals surface area contributed by atoms with Crippen LogP contribution in [0.25, 0.3) is 0 Å². The van der Waals surface area contributed by atoms with Gasteiger partial charge in [0.05, 0.1) is 6.20 Å². The summed E-state index contributed by atoms with van der Waals surface area (Å²) in [7, 11) is -3.74. The molecule has 0 aliphatic rings. The summed E-state index contributed by atoms with van der Waals surface area (Å²) < 4.78 is 32.9. The quantitative estimate of drug-likeness (QED) is 0.674. The lowest BCUT2D eigenvalue weighted by Gasteiger charge is -1.90. The van der Waals surface area contributed by atoms with Crippen LogP contribution in [-0.4, -0.2) is 24.6 Å². The second-order valence-electron chi connectivity index (χ2n) is 1.64. The summed E-state index contributed by atoms with van der Waals surface area (Å²) >= 11 is 0. The number of aromatic nitrogens is 2. The number of sulfone groups is 1. The van der Waals surface area contributed by atoms with Crippen LogP contribution in [0.5, 0.6) is 0 Å². The van der Waals surface area contributed by atoms with Gasteiger partial charge in [0.2, 0.25) is 9.84 Å². The van der Waals surface area contributed by atoms with Crippen LogP contribution in [-0.2, 0) is 9.84 Å². The molecule has 1 N–H and O–H groups in total. The Balaban J connectivity index is 3.09. The van der Waals surface area contributed by atoms with Crippen molar-refractivity contribution in [2.45, 2.75) is 5.03 Å². The van der Waals surface area contributed by atoms with Crippen molar-refractivity contribution >= 4 is 9.84 Å². The molecule has 0 fully saturated rings. The van der Waals surface area contributed by atoms with Crippen molar-refractivity contribution in [3.63, 3.8) is 0 Å². The van der Waals surface area contributed by atoms with Crippen molar-refractivity contribution in [1.82, 2.24) is 10.2 Å². The summed E-state index contributed by atoms with van der Waals surface area (Å²) in [4.78, 5) is 0. The number of H-pyrrole nitrogens is 1. The normalized spacial score (nSPS) is 11.7. The molecule has 0 radical (unpaired) electrons. The maximum atomic E-state index is 11.7. The third-order valence-corrected chi connectivity index (χ3v) is 2.14. The molecule has 0 atom stereocenters. The lowest BCUT2D eigenvalue weighted by molar-refractivity contribution is 0.531. The molecule has 0 bridgehead atoms. The zero-order valence-electron chi connectivity index (χ0n) is 4.91. The van der Waals surface area contributed by atoms with Gasteiger partial charge in [-0.1, -0.05) is 0 Å². The van der Waals surface area contributed by atoms with E-state index < -0.39 is 15.8 Å². The molecule has 0 aliphatic carbocycles. The predicted molar refractivity (Wildman–Crippen MR) is 31.7 cm³/mol. The van der Waals surface area contributed by atoms with Gasteiger partial charge < -0.3 is 0 Å². The Kier molecular flexibility index (Phi) is 1.71. The highest BCUT2D eigenvalue weighted by atomic mass is 32.2. The Morgan fingerprint density at radius 3 is 2.80 bits per heavy atom. The van der Waals surface area contributed by atoms with Gasteiger partial charge in [0.25, 0.3) is 0 Å².